The van der Waals surface area contributed by atoms with E-state index in [4.69, 9.17) is 28.4 Å². The van der Waals surface area contributed by atoms with Gasteiger partial charge in [-0.15, -0.1) is 0 Å². The Hall–Kier alpha value is -1.23. The maximum Gasteiger partial charge on any atom is 0.311 e. The SMILES string of the molecule is CC[C@H]1OC(=O)[C@H](C)[C@@H](O[C@H]2C[C@@](C)(OC)[C@@H](O)[C@H](C)O2)[C@H](C)[C@@H](O[C@@H]2O[C@H](C)C=C[C@H]2O)C(C)(O)C[C@@H](C)[C@H](O)[C@H](C)[C@@H](O)[C@]1(C)O. The monoisotopic (exact) mass is 690 g/mol. The van der Waals surface area contributed by atoms with Gasteiger partial charge in [-0.25, -0.2) is 0 Å². The molecule has 0 aromatic carbocycles. The van der Waals surface area contributed by atoms with Crippen molar-refractivity contribution >= 4 is 5.97 Å². The van der Waals surface area contributed by atoms with Gasteiger partial charge in [-0.05, 0) is 60.3 Å². The van der Waals surface area contributed by atoms with Gasteiger partial charge in [0.1, 0.15) is 23.9 Å². The molecule has 0 radical (unpaired) electrons. The molecule has 2 fully saturated rings. The third kappa shape index (κ3) is 8.79. The van der Waals surface area contributed by atoms with Gasteiger partial charge >= 0.3 is 5.97 Å². The Morgan fingerprint density at radius 1 is 0.875 bits per heavy atom. The van der Waals surface area contributed by atoms with E-state index in [-0.39, 0.29) is 19.3 Å². The number of hydrogen-bond acceptors (Lipinski definition) is 13. The fourth-order valence-electron chi connectivity index (χ4n) is 7.75. The summed E-state index contributed by atoms with van der Waals surface area (Å²) in [5.74, 6) is -4.09. The topological polar surface area (TPSA) is 194 Å². The summed E-state index contributed by atoms with van der Waals surface area (Å²) in [6, 6.07) is 0. The summed E-state index contributed by atoms with van der Waals surface area (Å²) in [5.41, 5.74) is -4.69. The molecule has 13 nitrogen and oxygen atoms in total. The molecule has 3 aliphatic heterocycles. The summed E-state index contributed by atoms with van der Waals surface area (Å²) < 4.78 is 36.5. The second-order valence-electron chi connectivity index (χ2n) is 15.2. The van der Waals surface area contributed by atoms with Crippen molar-refractivity contribution < 1.29 is 63.9 Å². The van der Waals surface area contributed by atoms with E-state index in [1.807, 2.05) is 0 Å². The number of carbonyl (C=O) groups is 1. The fourth-order valence-corrected chi connectivity index (χ4v) is 7.75. The highest BCUT2D eigenvalue weighted by atomic mass is 16.7. The number of rotatable bonds is 6. The third-order valence-electron chi connectivity index (χ3n) is 11.0. The molecule has 48 heavy (non-hydrogen) atoms. The molecule has 18 atom stereocenters. The number of carbonyl (C=O) groups excluding carboxylic acids is 1. The Balaban J connectivity index is 2.15. The van der Waals surface area contributed by atoms with Crippen LogP contribution in [-0.2, 0) is 33.2 Å². The second-order valence-corrected chi connectivity index (χ2v) is 15.2. The molecule has 0 aromatic rings. The summed E-state index contributed by atoms with van der Waals surface area (Å²) in [5, 5.41) is 68.1. The molecule has 0 bridgehead atoms. The van der Waals surface area contributed by atoms with Gasteiger partial charge in [-0.1, -0.05) is 39.8 Å². The highest BCUT2D eigenvalue weighted by Gasteiger charge is 2.52. The van der Waals surface area contributed by atoms with E-state index < -0.39 is 114 Å². The predicted molar refractivity (Wildman–Crippen MR) is 174 cm³/mol. The standard InChI is InChI=1S/C35H62O13/c1-12-24-35(10,42)28(38)19(4)26(37)17(2)15-33(8,41)30(48-32-23(36)14-13-18(3)44-32)20(5)27(21(6)31(40)46-24)47-25-16-34(9,43-11)29(39)22(7)45-25/h13-14,17-30,32,36-39,41-42H,12,15-16H2,1-11H3/t17-,18-,19+,20+,21-,22+,23-,24-,25+,26+,27+,28-,29+,30-,32+,33?,34-,35-/m1/s1. The maximum atomic E-state index is 14.0. The molecule has 0 aromatic heterocycles. The average Bonchev–Trinajstić information content (AvgIpc) is 3.02. The molecule has 3 rings (SSSR count). The van der Waals surface area contributed by atoms with Crippen LogP contribution in [0.25, 0.3) is 0 Å². The first-order chi connectivity index (χ1) is 22.1. The van der Waals surface area contributed by atoms with Crippen LogP contribution in [0.15, 0.2) is 12.2 Å². The van der Waals surface area contributed by atoms with E-state index >= 15 is 0 Å². The van der Waals surface area contributed by atoms with Gasteiger partial charge in [-0.3, -0.25) is 4.79 Å². The van der Waals surface area contributed by atoms with Gasteiger partial charge in [0.05, 0.1) is 53.7 Å². The lowest BCUT2D eigenvalue weighted by Crippen LogP contribution is -2.60. The van der Waals surface area contributed by atoms with E-state index in [0.717, 1.165) is 0 Å². The molecule has 2 saturated heterocycles. The van der Waals surface area contributed by atoms with Crippen LogP contribution in [0.2, 0.25) is 0 Å². The van der Waals surface area contributed by atoms with Crippen molar-refractivity contribution in [1.82, 2.24) is 0 Å². The van der Waals surface area contributed by atoms with Crippen molar-refractivity contribution in [2.24, 2.45) is 23.7 Å². The molecule has 0 amide bonds. The minimum atomic E-state index is -1.93. The number of aliphatic hydroxyl groups excluding tert-OH is 4. The van der Waals surface area contributed by atoms with Gasteiger partial charge in [0.2, 0.25) is 0 Å². The molecule has 1 unspecified atom stereocenters. The van der Waals surface area contributed by atoms with Crippen LogP contribution >= 0.6 is 0 Å². The first-order valence-electron chi connectivity index (χ1n) is 17.3. The third-order valence-corrected chi connectivity index (χ3v) is 11.0. The van der Waals surface area contributed by atoms with Gasteiger partial charge in [0.15, 0.2) is 12.6 Å². The molecule has 3 aliphatic rings. The Labute approximate surface area is 285 Å². The molecule has 0 aliphatic carbocycles. The Morgan fingerprint density at radius 2 is 1.50 bits per heavy atom. The number of cyclic esters (lactones) is 1. The average molecular weight is 691 g/mol. The van der Waals surface area contributed by atoms with Crippen LogP contribution in [0.3, 0.4) is 0 Å². The number of hydrogen-bond donors (Lipinski definition) is 6. The molecular formula is C35H62O13. The zero-order valence-corrected chi connectivity index (χ0v) is 30.5. The van der Waals surface area contributed by atoms with Crippen molar-refractivity contribution in [2.45, 2.75) is 173 Å². The van der Waals surface area contributed by atoms with Gasteiger partial charge in [0, 0.05) is 25.4 Å². The lowest BCUT2D eigenvalue weighted by atomic mass is 9.73. The summed E-state index contributed by atoms with van der Waals surface area (Å²) in [6.07, 6.45) is -7.91. The minimum Gasteiger partial charge on any atom is -0.459 e. The number of esters is 1. The minimum absolute atomic E-state index is 0.0375. The summed E-state index contributed by atoms with van der Waals surface area (Å²) in [4.78, 5) is 14.0. The molecule has 0 spiro atoms. The number of ether oxygens (including phenoxy) is 6. The summed E-state index contributed by atoms with van der Waals surface area (Å²) in [7, 11) is 1.48. The first-order valence-corrected chi connectivity index (χ1v) is 17.3. The van der Waals surface area contributed by atoms with Crippen molar-refractivity contribution in [3.8, 4) is 0 Å². The first kappa shape index (κ1) is 41.2. The lowest BCUT2D eigenvalue weighted by Gasteiger charge is -2.48. The van der Waals surface area contributed by atoms with Crippen molar-refractivity contribution in [3.63, 3.8) is 0 Å². The Kier molecular flexibility index (Phi) is 13.7. The zero-order valence-electron chi connectivity index (χ0n) is 30.5. The largest absolute Gasteiger partial charge is 0.459 e. The predicted octanol–water partition coefficient (Wildman–Crippen LogP) is 1.81. The van der Waals surface area contributed by atoms with E-state index in [0.29, 0.717) is 0 Å². The van der Waals surface area contributed by atoms with Gasteiger partial charge < -0.3 is 59.1 Å². The maximum absolute atomic E-state index is 14.0. The Bertz CT molecular complexity index is 1080. The zero-order chi connectivity index (χ0) is 36.5. The smallest absolute Gasteiger partial charge is 0.311 e. The van der Waals surface area contributed by atoms with Crippen molar-refractivity contribution in [1.29, 1.82) is 0 Å². The van der Waals surface area contributed by atoms with E-state index in [9.17, 15) is 35.4 Å². The fraction of sp³-hybridized carbons (Fsp3) is 0.914. The number of methoxy groups -OCH3 is 1. The van der Waals surface area contributed by atoms with Crippen LogP contribution < -0.4 is 0 Å². The van der Waals surface area contributed by atoms with Crippen LogP contribution in [0.1, 0.15) is 88.5 Å². The van der Waals surface area contributed by atoms with Crippen LogP contribution in [-0.4, -0.2) is 128 Å². The van der Waals surface area contributed by atoms with Gasteiger partial charge in [0.25, 0.3) is 0 Å². The summed E-state index contributed by atoms with van der Waals surface area (Å²) in [6.45, 7) is 16.5. The van der Waals surface area contributed by atoms with E-state index in [1.54, 1.807) is 74.5 Å². The molecule has 13 heteroatoms. The van der Waals surface area contributed by atoms with E-state index in [1.165, 1.54) is 14.0 Å². The quantitative estimate of drug-likeness (QED) is 0.175. The highest BCUT2D eigenvalue weighted by Crippen LogP contribution is 2.40. The molecular weight excluding hydrogens is 628 g/mol. The number of aliphatic hydroxyl groups is 6. The van der Waals surface area contributed by atoms with E-state index in [2.05, 4.69) is 0 Å². The molecule has 0 saturated carbocycles. The van der Waals surface area contributed by atoms with Crippen molar-refractivity contribution in [3.05, 3.63) is 12.2 Å². The molecule has 6 N–H and O–H groups in total. The normalized spacial score (nSPS) is 51.6. The Morgan fingerprint density at radius 3 is 2.08 bits per heavy atom. The second kappa shape index (κ2) is 16.0. The molecule has 3 heterocycles. The van der Waals surface area contributed by atoms with Crippen LogP contribution in [0.5, 0.6) is 0 Å². The van der Waals surface area contributed by atoms with Crippen LogP contribution in [0, 0.1) is 23.7 Å². The summed E-state index contributed by atoms with van der Waals surface area (Å²) >= 11 is 0. The van der Waals surface area contributed by atoms with Crippen molar-refractivity contribution in [2.75, 3.05) is 7.11 Å². The van der Waals surface area contributed by atoms with Gasteiger partial charge in [-0.2, -0.15) is 0 Å². The highest BCUT2D eigenvalue weighted by molar-refractivity contribution is 5.73. The molecule has 280 valence electrons. The van der Waals surface area contributed by atoms with Crippen LogP contribution in [0.4, 0.5) is 0 Å². The lowest BCUT2D eigenvalue weighted by molar-refractivity contribution is -0.309.